The van der Waals surface area contributed by atoms with Gasteiger partial charge in [-0.25, -0.2) is 9.97 Å². The van der Waals surface area contributed by atoms with Crippen LogP contribution in [-0.2, 0) is 0 Å². The molecule has 0 spiro atoms. The van der Waals surface area contributed by atoms with Gasteiger partial charge >= 0.3 is 0 Å². The largest absolute Gasteiger partial charge is 0.454 e. The number of benzene rings is 1. The molecule has 1 aromatic carbocycles. The van der Waals surface area contributed by atoms with E-state index in [0.717, 1.165) is 5.69 Å². The molecule has 0 unspecified atom stereocenters. The first-order chi connectivity index (χ1) is 11.2. The van der Waals surface area contributed by atoms with Crippen molar-refractivity contribution in [3.63, 3.8) is 0 Å². The standard InChI is InChI=1S/C16H16N4O3/c1-3-6-17-16(21)12-8-15(19-10(2)18-12)20-11-4-5-13-14(7-11)23-9-22-13/h3-5,7-8H,1,6,9H2,2H3,(H,17,21)(H,18,19,20). The number of ether oxygens (including phenoxy) is 2. The molecule has 0 aliphatic carbocycles. The summed E-state index contributed by atoms with van der Waals surface area (Å²) in [6, 6.07) is 7.08. The van der Waals surface area contributed by atoms with Crippen LogP contribution in [-0.4, -0.2) is 29.2 Å². The van der Waals surface area contributed by atoms with Gasteiger partial charge in [0.1, 0.15) is 17.3 Å². The second-order valence-electron chi connectivity index (χ2n) is 4.88. The number of fused-ring (bicyclic) bond motifs is 1. The second kappa shape index (κ2) is 6.35. The highest BCUT2D eigenvalue weighted by Gasteiger charge is 2.14. The van der Waals surface area contributed by atoms with Crippen LogP contribution in [0.1, 0.15) is 16.3 Å². The summed E-state index contributed by atoms with van der Waals surface area (Å²) >= 11 is 0. The van der Waals surface area contributed by atoms with E-state index in [0.29, 0.717) is 35.4 Å². The van der Waals surface area contributed by atoms with Gasteiger partial charge in [-0.3, -0.25) is 4.79 Å². The average molecular weight is 312 g/mol. The molecule has 2 heterocycles. The van der Waals surface area contributed by atoms with Crippen LogP contribution in [0.15, 0.2) is 36.9 Å². The molecule has 118 valence electrons. The summed E-state index contributed by atoms with van der Waals surface area (Å²) in [4.78, 5) is 20.4. The van der Waals surface area contributed by atoms with E-state index in [4.69, 9.17) is 9.47 Å². The number of amides is 1. The van der Waals surface area contributed by atoms with Gasteiger partial charge in [-0.1, -0.05) is 6.08 Å². The highest BCUT2D eigenvalue weighted by molar-refractivity contribution is 5.93. The average Bonchev–Trinajstić information content (AvgIpc) is 2.99. The molecular formula is C16H16N4O3. The lowest BCUT2D eigenvalue weighted by Crippen LogP contribution is -2.24. The van der Waals surface area contributed by atoms with Gasteiger partial charge in [-0.15, -0.1) is 6.58 Å². The first-order valence-electron chi connectivity index (χ1n) is 7.07. The third kappa shape index (κ3) is 3.39. The number of carbonyl (C=O) groups excluding carboxylic acids is 1. The van der Waals surface area contributed by atoms with E-state index in [1.807, 2.05) is 18.2 Å². The molecule has 2 aromatic rings. The van der Waals surface area contributed by atoms with Gasteiger partial charge in [0, 0.05) is 24.4 Å². The van der Waals surface area contributed by atoms with Crippen LogP contribution in [0.5, 0.6) is 11.5 Å². The van der Waals surface area contributed by atoms with Gasteiger partial charge in [-0.2, -0.15) is 0 Å². The molecule has 1 amide bonds. The number of aromatic nitrogens is 2. The Morgan fingerprint density at radius 3 is 2.96 bits per heavy atom. The van der Waals surface area contributed by atoms with Crippen molar-refractivity contribution in [2.24, 2.45) is 0 Å². The number of rotatable bonds is 5. The Balaban J connectivity index is 1.81. The van der Waals surface area contributed by atoms with Crippen LogP contribution in [0.25, 0.3) is 0 Å². The maximum atomic E-state index is 12.0. The summed E-state index contributed by atoms with van der Waals surface area (Å²) in [5, 5.41) is 5.83. The fourth-order valence-electron chi connectivity index (χ4n) is 2.13. The first-order valence-corrected chi connectivity index (χ1v) is 7.07. The van der Waals surface area contributed by atoms with E-state index in [-0.39, 0.29) is 12.7 Å². The normalized spacial score (nSPS) is 11.9. The number of aryl methyl sites for hydroxylation is 1. The minimum atomic E-state index is -0.274. The van der Waals surface area contributed by atoms with E-state index >= 15 is 0 Å². The van der Waals surface area contributed by atoms with Crippen LogP contribution in [0.3, 0.4) is 0 Å². The van der Waals surface area contributed by atoms with Crippen molar-refractivity contribution in [3.05, 3.63) is 48.4 Å². The maximum absolute atomic E-state index is 12.0. The summed E-state index contributed by atoms with van der Waals surface area (Å²) in [7, 11) is 0. The van der Waals surface area contributed by atoms with Gasteiger partial charge in [0.2, 0.25) is 6.79 Å². The third-order valence-corrected chi connectivity index (χ3v) is 3.12. The number of hydrogen-bond donors (Lipinski definition) is 2. The molecule has 0 radical (unpaired) electrons. The molecule has 7 nitrogen and oxygen atoms in total. The Bertz CT molecular complexity index is 761. The molecule has 1 aliphatic heterocycles. The Labute approximate surface area is 133 Å². The molecule has 0 saturated carbocycles. The lowest BCUT2D eigenvalue weighted by Gasteiger charge is -2.09. The number of nitrogens with one attached hydrogen (secondary N) is 2. The van der Waals surface area contributed by atoms with Gasteiger partial charge in [0.05, 0.1) is 0 Å². The molecule has 0 bridgehead atoms. The molecule has 2 N–H and O–H groups in total. The monoisotopic (exact) mass is 312 g/mol. The SMILES string of the molecule is C=CCNC(=O)c1cc(Nc2ccc3c(c2)OCO3)nc(C)n1. The highest BCUT2D eigenvalue weighted by Crippen LogP contribution is 2.34. The summed E-state index contributed by atoms with van der Waals surface area (Å²) < 4.78 is 10.6. The van der Waals surface area contributed by atoms with Crippen molar-refractivity contribution >= 4 is 17.4 Å². The van der Waals surface area contributed by atoms with Crippen LogP contribution in [0, 0.1) is 6.92 Å². The van der Waals surface area contributed by atoms with Crippen LogP contribution in [0.2, 0.25) is 0 Å². The molecule has 7 heteroatoms. The zero-order chi connectivity index (χ0) is 16.2. The van der Waals surface area contributed by atoms with E-state index in [1.54, 1.807) is 19.1 Å². The molecular weight excluding hydrogens is 296 g/mol. The summed E-state index contributed by atoms with van der Waals surface area (Å²) in [6.45, 7) is 5.90. The Hall–Kier alpha value is -3.09. The number of anilines is 2. The minimum Gasteiger partial charge on any atom is -0.454 e. The minimum absolute atomic E-state index is 0.221. The topological polar surface area (TPSA) is 85.4 Å². The van der Waals surface area contributed by atoms with Crippen LogP contribution >= 0.6 is 0 Å². The van der Waals surface area contributed by atoms with E-state index in [2.05, 4.69) is 27.2 Å². The van der Waals surface area contributed by atoms with Crippen molar-refractivity contribution in [3.8, 4) is 11.5 Å². The predicted molar refractivity (Wildman–Crippen MR) is 85.1 cm³/mol. The third-order valence-electron chi connectivity index (χ3n) is 3.12. The molecule has 3 rings (SSSR count). The van der Waals surface area contributed by atoms with Gasteiger partial charge in [0.25, 0.3) is 5.91 Å². The van der Waals surface area contributed by atoms with Crippen molar-refractivity contribution in [1.29, 1.82) is 0 Å². The van der Waals surface area contributed by atoms with Crippen molar-refractivity contribution in [2.45, 2.75) is 6.92 Å². The zero-order valence-corrected chi connectivity index (χ0v) is 12.6. The molecule has 0 atom stereocenters. The van der Waals surface area contributed by atoms with Crippen LogP contribution in [0.4, 0.5) is 11.5 Å². The van der Waals surface area contributed by atoms with Crippen molar-refractivity contribution < 1.29 is 14.3 Å². The number of carbonyl (C=O) groups is 1. The van der Waals surface area contributed by atoms with Gasteiger partial charge in [0.15, 0.2) is 11.5 Å². The van der Waals surface area contributed by atoms with E-state index in [1.165, 1.54) is 0 Å². The zero-order valence-electron chi connectivity index (χ0n) is 12.6. The van der Waals surface area contributed by atoms with Crippen molar-refractivity contribution in [1.82, 2.24) is 15.3 Å². The molecule has 1 aromatic heterocycles. The first kappa shape index (κ1) is 14.8. The summed E-state index contributed by atoms with van der Waals surface area (Å²) in [5.41, 5.74) is 1.08. The fourth-order valence-corrected chi connectivity index (χ4v) is 2.13. The lowest BCUT2D eigenvalue weighted by molar-refractivity contribution is 0.0952. The highest BCUT2D eigenvalue weighted by atomic mass is 16.7. The van der Waals surface area contributed by atoms with E-state index in [9.17, 15) is 4.79 Å². The maximum Gasteiger partial charge on any atom is 0.270 e. The number of nitrogens with zero attached hydrogens (tertiary/aromatic N) is 2. The Morgan fingerprint density at radius 1 is 1.30 bits per heavy atom. The summed E-state index contributed by atoms with van der Waals surface area (Å²) in [5.74, 6) is 2.13. The fraction of sp³-hybridized carbons (Fsp3) is 0.188. The van der Waals surface area contributed by atoms with E-state index < -0.39 is 0 Å². The smallest absolute Gasteiger partial charge is 0.270 e. The summed E-state index contributed by atoms with van der Waals surface area (Å²) in [6.07, 6.45) is 1.61. The lowest BCUT2D eigenvalue weighted by atomic mass is 10.2. The molecule has 0 fully saturated rings. The van der Waals surface area contributed by atoms with Gasteiger partial charge in [-0.05, 0) is 19.1 Å². The molecule has 23 heavy (non-hydrogen) atoms. The number of hydrogen-bond acceptors (Lipinski definition) is 6. The van der Waals surface area contributed by atoms with Crippen molar-refractivity contribution in [2.75, 3.05) is 18.7 Å². The Morgan fingerprint density at radius 2 is 2.13 bits per heavy atom. The van der Waals surface area contributed by atoms with Gasteiger partial charge < -0.3 is 20.1 Å². The second-order valence-corrected chi connectivity index (χ2v) is 4.88. The predicted octanol–water partition coefficient (Wildman–Crippen LogP) is 2.17. The molecule has 1 aliphatic rings. The molecule has 0 saturated heterocycles. The Kier molecular flexibility index (Phi) is 4.09. The van der Waals surface area contributed by atoms with Crippen LogP contribution < -0.4 is 20.1 Å². The quantitative estimate of drug-likeness (QED) is 0.823.